The number of primary amides is 1. The predicted octanol–water partition coefficient (Wildman–Crippen LogP) is 1.51. The van der Waals surface area contributed by atoms with Gasteiger partial charge in [0.05, 0.1) is 15.0 Å². The van der Waals surface area contributed by atoms with E-state index in [0.717, 1.165) is 5.69 Å². The number of anilines is 1. The molecule has 92 valence electrons. The lowest BCUT2D eigenvalue weighted by atomic mass is 10.2. The third kappa shape index (κ3) is 3.55. The van der Waals surface area contributed by atoms with E-state index in [1.807, 2.05) is 29.5 Å². The number of benzene rings is 1. The summed E-state index contributed by atoms with van der Waals surface area (Å²) < 4.78 is 0.535. The molecule has 1 aromatic rings. The van der Waals surface area contributed by atoms with Crippen molar-refractivity contribution in [1.82, 2.24) is 0 Å². The van der Waals surface area contributed by atoms with Crippen LogP contribution in [-0.2, 0) is 4.79 Å². The Morgan fingerprint density at radius 3 is 2.65 bits per heavy atom. The van der Waals surface area contributed by atoms with Gasteiger partial charge in [-0.2, -0.15) is 0 Å². The molecular weight excluding hydrogens is 337 g/mol. The van der Waals surface area contributed by atoms with Crippen molar-refractivity contribution < 1.29 is 9.72 Å². The summed E-state index contributed by atoms with van der Waals surface area (Å²) in [6, 6.07) is 4.72. The highest BCUT2D eigenvalue weighted by atomic mass is 127. The van der Waals surface area contributed by atoms with Gasteiger partial charge < -0.3 is 10.6 Å². The van der Waals surface area contributed by atoms with E-state index in [9.17, 15) is 14.9 Å². The first-order valence-corrected chi connectivity index (χ1v) is 6.00. The van der Waals surface area contributed by atoms with Crippen LogP contribution in [0.4, 0.5) is 11.4 Å². The summed E-state index contributed by atoms with van der Waals surface area (Å²) in [4.78, 5) is 22.9. The van der Waals surface area contributed by atoms with Crippen LogP contribution >= 0.6 is 22.6 Å². The van der Waals surface area contributed by atoms with E-state index < -0.39 is 10.8 Å². The zero-order valence-corrected chi connectivity index (χ0v) is 11.4. The fourth-order valence-electron chi connectivity index (χ4n) is 1.41. The highest BCUT2D eigenvalue weighted by molar-refractivity contribution is 14.1. The van der Waals surface area contributed by atoms with E-state index in [1.54, 1.807) is 17.0 Å². The summed E-state index contributed by atoms with van der Waals surface area (Å²) in [5.41, 5.74) is 5.94. The SMILES string of the molecule is CCN(CC(N)=O)c1ccc([N+](=O)[O-])c(I)c1. The van der Waals surface area contributed by atoms with Gasteiger partial charge in [0, 0.05) is 18.3 Å². The number of hydrogen-bond donors (Lipinski definition) is 1. The smallest absolute Gasteiger partial charge is 0.282 e. The number of likely N-dealkylation sites (N-methyl/N-ethyl adjacent to an activating group) is 1. The second-order valence-electron chi connectivity index (χ2n) is 3.37. The Labute approximate surface area is 112 Å². The quantitative estimate of drug-likeness (QED) is 0.496. The molecule has 17 heavy (non-hydrogen) atoms. The Morgan fingerprint density at radius 1 is 1.59 bits per heavy atom. The van der Waals surface area contributed by atoms with E-state index in [1.165, 1.54) is 6.07 Å². The third-order valence-corrected chi connectivity index (χ3v) is 3.09. The summed E-state index contributed by atoms with van der Waals surface area (Å²) in [5, 5.41) is 10.7. The summed E-state index contributed by atoms with van der Waals surface area (Å²) in [6.07, 6.45) is 0. The predicted molar refractivity (Wildman–Crippen MR) is 72.9 cm³/mol. The number of hydrogen-bond acceptors (Lipinski definition) is 4. The Hall–Kier alpha value is -1.38. The molecule has 0 spiro atoms. The van der Waals surface area contributed by atoms with Crippen molar-refractivity contribution in [2.24, 2.45) is 5.73 Å². The number of rotatable bonds is 5. The van der Waals surface area contributed by atoms with Crippen molar-refractivity contribution in [2.75, 3.05) is 18.0 Å². The zero-order chi connectivity index (χ0) is 13.0. The first-order valence-electron chi connectivity index (χ1n) is 4.93. The van der Waals surface area contributed by atoms with Gasteiger partial charge in [0.25, 0.3) is 5.69 Å². The van der Waals surface area contributed by atoms with Crippen LogP contribution in [-0.4, -0.2) is 23.9 Å². The lowest BCUT2D eigenvalue weighted by molar-refractivity contribution is -0.385. The molecule has 0 atom stereocenters. The molecule has 0 unspecified atom stereocenters. The third-order valence-electron chi connectivity index (χ3n) is 2.22. The van der Waals surface area contributed by atoms with Gasteiger partial charge in [-0.25, -0.2) is 0 Å². The molecule has 0 saturated carbocycles. The summed E-state index contributed by atoms with van der Waals surface area (Å²) in [6.45, 7) is 2.60. The van der Waals surface area contributed by atoms with Gasteiger partial charge in [0.1, 0.15) is 0 Å². The fraction of sp³-hybridized carbons (Fsp3) is 0.300. The maximum Gasteiger partial charge on any atom is 0.282 e. The van der Waals surface area contributed by atoms with Gasteiger partial charge in [-0.05, 0) is 41.6 Å². The minimum Gasteiger partial charge on any atom is -0.368 e. The summed E-state index contributed by atoms with van der Waals surface area (Å²) in [5.74, 6) is -0.430. The van der Waals surface area contributed by atoms with Gasteiger partial charge in [0.2, 0.25) is 5.91 Å². The van der Waals surface area contributed by atoms with Gasteiger partial charge in [-0.1, -0.05) is 0 Å². The highest BCUT2D eigenvalue weighted by Gasteiger charge is 2.14. The molecule has 7 heteroatoms. The number of nitro benzene ring substituents is 1. The van der Waals surface area contributed by atoms with Crippen LogP contribution in [0, 0.1) is 13.7 Å². The highest BCUT2D eigenvalue weighted by Crippen LogP contribution is 2.26. The van der Waals surface area contributed by atoms with Crippen LogP contribution in [0.3, 0.4) is 0 Å². The van der Waals surface area contributed by atoms with Crippen molar-refractivity contribution in [3.05, 3.63) is 31.9 Å². The van der Waals surface area contributed by atoms with E-state index in [2.05, 4.69) is 0 Å². The standard InChI is InChI=1S/C10H12IN3O3/c1-2-13(6-10(12)15)7-3-4-9(14(16)17)8(11)5-7/h3-5H,2,6H2,1H3,(H2,12,15). The minimum atomic E-state index is -0.435. The first-order chi connectivity index (χ1) is 7.95. The molecule has 0 heterocycles. The van der Waals surface area contributed by atoms with Crippen LogP contribution in [0.1, 0.15) is 6.92 Å². The first kappa shape index (κ1) is 13.7. The number of amides is 1. The molecule has 0 aromatic heterocycles. The van der Waals surface area contributed by atoms with Gasteiger partial charge in [-0.15, -0.1) is 0 Å². The largest absolute Gasteiger partial charge is 0.368 e. The summed E-state index contributed by atoms with van der Waals surface area (Å²) in [7, 11) is 0. The molecule has 0 aliphatic rings. The molecule has 0 saturated heterocycles. The van der Waals surface area contributed by atoms with Crippen molar-refractivity contribution in [1.29, 1.82) is 0 Å². The molecule has 1 rings (SSSR count). The van der Waals surface area contributed by atoms with E-state index in [4.69, 9.17) is 5.73 Å². The molecule has 0 fully saturated rings. The van der Waals surface area contributed by atoms with E-state index in [-0.39, 0.29) is 12.2 Å². The molecule has 2 N–H and O–H groups in total. The molecule has 6 nitrogen and oxygen atoms in total. The van der Waals surface area contributed by atoms with Crippen LogP contribution in [0.5, 0.6) is 0 Å². The monoisotopic (exact) mass is 349 g/mol. The van der Waals surface area contributed by atoms with Crippen LogP contribution in [0.25, 0.3) is 0 Å². The average molecular weight is 349 g/mol. The maximum absolute atomic E-state index is 10.9. The molecule has 0 aliphatic carbocycles. The second kappa shape index (κ2) is 5.80. The number of nitrogens with two attached hydrogens (primary N) is 1. The minimum absolute atomic E-state index is 0.0597. The topological polar surface area (TPSA) is 89.5 Å². The van der Waals surface area contributed by atoms with Crippen molar-refractivity contribution >= 4 is 39.9 Å². The summed E-state index contributed by atoms with van der Waals surface area (Å²) >= 11 is 1.90. The van der Waals surface area contributed by atoms with Crippen molar-refractivity contribution in [3.63, 3.8) is 0 Å². The molecule has 0 radical (unpaired) electrons. The number of halogens is 1. The molecule has 1 amide bonds. The van der Waals surface area contributed by atoms with E-state index in [0.29, 0.717) is 10.1 Å². The number of carbonyl (C=O) groups is 1. The number of nitrogens with zero attached hydrogens (tertiary/aromatic N) is 2. The fourth-order valence-corrected chi connectivity index (χ4v) is 2.11. The Bertz CT molecular complexity index is 450. The van der Waals surface area contributed by atoms with Crippen LogP contribution in [0.15, 0.2) is 18.2 Å². The Kier molecular flexibility index (Phi) is 4.67. The van der Waals surface area contributed by atoms with Gasteiger partial charge in [0.15, 0.2) is 0 Å². The lowest BCUT2D eigenvalue weighted by Crippen LogP contribution is -2.33. The number of nitro groups is 1. The van der Waals surface area contributed by atoms with Crippen LogP contribution < -0.4 is 10.6 Å². The normalized spacial score (nSPS) is 10.0. The Morgan fingerprint density at radius 2 is 2.24 bits per heavy atom. The van der Waals surface area contributed by atoms with E-state index >= 15 is 0 Å². The number of carbonyl (C=O) groups excluding carboxylic acids is 1. The molecular formula is C10H12IN3O3. The molecule has 1 aromatic carbocycles. The maximum atomic E-state index is 10.9. The average Bonchev–Trinajstić information content (AvgIpc) is 2.24. The molecule has 0 aliphatic heterocycles. The lowest BCUT2D eigenvalue weighted by Gasteiger charge is -2.21. The van der Waals surface area contributed by atoms with Crippen molar-refractivity contribution in [2.45, 2.75) is 6.92 Å². The zero-order valence-electron chi connectivity index (χ0n) is 9.22. The molecule has 0 bridgehead atoms. The van der Waals surface area contributed by atoms with Gasteiger partial charge in [-0.3, -0.25) is 14.9 Å². The van der Waals surface area contributed by atoms with Gasteiger partial charge >= 0.3 is 0 Å². The van der Waals surface area contributed by atoms with Crippen molar-refractivity contribution in [3.8, 4) is 0 Å². The second-order valence-corrected chi connectivity index (χ2v) is 4.54. The van der Waals surface area contributed by atoms with Crippen LogP contribution in [0.2, 0.25) is 0 Å². The Balaban J connectivity index is 3.02.